The van der Waals surface area contributed by atoms with Gasteiger partial charge in [0.25, 0.3) is 0 Å². The Morgan fingerprint density at radius 3 is 2.52 bits per heavy atom. The molecular weight excluding hydrogens is 288 g/mol. The number of benzene rings is 2. The number of rotatable bonds is 4. The largest absolute Gasteiger partial charge is 0.478 e. The molecule has 0 aliphatic heterocycles. The number of carboxylic acid groups (broad SMARTS) is 1. The lowest BCUT2D eigenvalue weighted by molar-refractivity contribution is 0.0697. The van der Waals surface area contributed by atoms with Crippen molar-refractivity contribution in [3.8, 4) is 6.07 Å². The molecule has 4 nitrogen and oxygen atoms in total. The van der Waals surface area contributed by atoms with Crippen LogP contribution in [0.1, 0.15) is 21.5 Å². The summed E-state index contributed by atoms with van der Waals surface area (Å²) in [5.41, 5.74) is 2.38. The Morgan fingerprint density at radius 2 is 1.95 bits per heavy atom. The second kappa shape index (κ2) is 6.29. The predicted octanol–water partition coefficient (Wildman–Crippen LogP) is 3.55. The van der Waals surface area contributed by atoms with Gasteiger partial charge in [-0.05, 0) is 29.8 Å². The van der Waals surface area contributed by atoms with Crippen LogP contribution < -0.4 is 4.90 Å². The lowest BCUT2D eigenvalue weighted by Crippen LogP contribution is -2.17. The highest BCUT2D eigenvalue weighted by Gasteiger charge is 2.11. The van der Waals surface area contributed by atoms with Crippen molar-refractivity contribution in [3.63, 3.8) is 0 Å². The van der Waals surface area contributed by atoms with Crippen LogP contribution >= 0.6 is 11.6 Å². The molecule has 106 valence electrons. The summed E-state index contributed by atoms with van der Waals surface area (Å²) in [6, 6.07) is 14.1. The van der Waals surface area contributed by atoms with Gasteiger partial charge in [-0.15, -0.1) is 0 Å². The fourth-order valence-electron chi connectivity index (χ4n) is 2.05. The zero-order chi connectivity index (χ0) is 15.4. The van der Waals surface area contributed by atoms with Crippen LogP contribution in [0, 0.1) is 11.3 Å². The van der Waals surface area contributed by atoms with Gasteiger partial charge in [0.15, 0.2) is 0 Å². The second-order valence-electron chi connectivity index (χ2n) is 4.60. The zero-order valence-corrected chi connectivity index (χ0v) is 12.1. The van der Waals surface area contributed by atoms with E-state index < -0.39 is 5.97 Å². The lowest BCUT2D eigenvalue weighted by Gasteiger charge is -2.21. The number of hydrogen-bond acceptors (Lipinski definition) is 3. The van der Waals surface area contributed by atoms with E-state index in [1.807, 2.05) is 18.0 Å². The van der Waals surface area contributed by atoms with Gasteiger partial charge in [0.05, 0.1) is 21.8 Å². The van der Waals surface area contributed by atoms with Crippen LogP contribution in [0.15, 0.2) is 42.5 Å². The molecule has 0 aromatic heterocycles. The summed E-state index contributed by atoms with van der Waals surface area (Å²) in [7, 11) is 1.86. The molecule has 2 rings (SSSR count). The lowest BCUT2D eigenvalue weighted by atomic mass is 10.1. The number of nitriles is 1. The Hall–Kier alpha value is -2.51. The van der Waals surface area contributed by atoms with Crippen LogP contribution in [-0.4, -0.2) is 18.1 Å². The van der Waals surface area contributed by atoms with Crippen LogP contribution in [0.4, 0.5) is 5.69 Å². The summed E-state index contributed by atoms with van der Waals surface area (Å²) < 4.78 is 0. The zero-order valence-electron chi connectivity index (χ0n) is 11.4. The molecule has 0 bridgehead atoms. The van der Waals surface area contributed by atoms with Crippen LogP contribution in [0.5, 0.6) is 0 Å². The van der Waals surface area contributed by atoms with E-state index in [0.717, 1.165) is 11.3 Å². The van der Waals surface area contributed by atoms with Gasteiger partial charge >= 0.3 is 5.97 Å². The first-order chi connectivity index (χ1) is 10.0. The van der Waals surface area contributed by atoms with E-state index in [-0.39, 0.29) is 5.56 Å². The average Bonchev–Trinajstić information content (AvgIpc) is 2.47. The summed E-state index contributed by atoms with van der Waals surface area (Å²) >= 11 is 6.02. The van der Waals surface area contributed by atoms with Crippen molar-refractivity contribution in [1.82, 2.24) is 0 Å². The third kappa shape index (κ3) is 3.33. The molecule has 5 heteroatoms. The van der Waals surface area contributed by atoms with Gasteiger partial charge in [0.1, 0.15) is 6.07 Å². The first kappa shape index (κ1) is 14.9. The number of anilines is 1. The van der Waals surface area contributed by atoms with Gasteiger partial charge in [-0.2, -0.15) is 5.26 Å². The van der Waals surface area contributed by atoms with Gasteiger partial charge in [0.2, 0.25) is 0 Å². The van der Waals surface area contributed by atoms with E-state index in [1.54, 1.807) is 36.4 Å². The van der Waals surface area contributed by atoms with Crippen LogP contribution in [0.2, 0.25) is 5.02 Å². The van der Waals surface area contributed by atoms with Crippen molar-refractivity contribution < 1.29 is 9.90 Å². The highest BCUT2D eigenvalue weighted by atomic mass is 35.5. The topological polar surface area (TPSA) is 64.3 Å². The molecule has 0 amide bonds. The number of halogens is 1. The Kier molecular flexibility index (Phi) is 4.46. The van der Waals surface area contributed by atoms with Crippen molar-refractivity contribution in [2.24, 2.45) is 0 Å². The van der Waals surface area contributed by atoms with Crippen LogP contribution in [0.3, 0.4) is 0 Å². The van der Waals surface area contributed by atoms with Gasteiger partial charge in [-0.3, -0.25) is 0 Å². The number of carboxylic acids is 1. The van der Waals surface area contributed by atoms with E-state index >= 15 is 0 Å². The standard InChI is InChI=1S/C16H13ClN2O2/c1-19(15-4-2-3-14(17)13(15)9-18)10-11-5-7-12(8-6-11)16(20)21/h2-8H,10H2,1H3,(H,20,21). The molecule has 0 unspecified atom stereocenters. The predicted molar refractivity (Wildman–Crippen MR) is 81.7 cm³/mol. The number of nitrogens with zero attached hydrogens (tertiary/aromatic N) is 2. The minimum atomic E-state index is -0.948. The fraction of sp³-hybridized carbons (Fsp3) is 0.125. The molecular formula is C16H13ClN2O2. The maximum absolute atomic E-state index is 10.8. The maximum atomic E-state index is 10.8. The highest BCUT2D eigenvalue weighted by molar-refractivity contribution is 6.32. The smallest absolute Gasteiger partial charge is 0.335 e. The van der Waals surface area contributed by atoms with Gasteiger partial charge in [-0.1, -0.05) is 29.8 Å². The molecule has 0 saturated carbocycles. The summed E-state index contributed by atoms with van der Waals surface area (Å²) in [6.45, 7) is 0.551. The normalized spacial score (nSPS) is 9.95. The van der Waals surface area contributed by atoms with Crippen LogP contribution in [-0.2, 0) is 6.54 Å². The van der Waals surface area contributed by atoms with Crippen molar-refractivity contribution in [1.29, 1.82) is 5.26 Å². The summed E-state index contributed by atoms with van der Waals surface area (Å²) in [4.78, 5) is 12.7. The molecule has 0 heterocycles. The fourth-order valence-corrected chi connectivity index (χ4v) is 2.27. The molecule has 2 aromatic rings. The van der Waals surface area contributed by atoms with Gasteiger partial charge in [0, 0.05) is 13.6 Å². The quantitative estimate of drug-likeness (QED) is 0.938. The van der Waals surface area contributed by atoms with Crippen LogP contribution in [0.25, 0.3) is 0 Å². The van der Waals surface area contributed by atoms with Crippen molar-refractivity contribution in [3.05, 3.63) is 64.2 Å². The Balaban J connectivity index is 2.22. The molecule has 0 aliphatic rings. The summed E-state index contributed by atoms with van der Waals surface area (Å²) in [5, 5.41) is 18.5. The molecule has 0 spiro atoms. The van der Waals surface area contributed by atoms with E-state index in [9.17, 15) is 10.1 Å². The Labute approximate surface area is 127 Å². The maximum Gasteiger partial charge on any atom is 0.335 e. The van der Waals surface area contributed by atoms with Crippen molar-refractivity contribution in [2.45, 2.75) is 6.54 Å². The molecule has 1 N–H and O–H groups in total. The third-order valence-corrected chi connectivity index (χ3v) is 3.45. The molecule has 0 radical (unpaired) electrons. The van der Waals surface area contributed by atoms with E-state index in [2.05, 4.69) is 6.07 Å². The molecule has 2 aromatic carbocycles. The van der Waals surface area contributed by atoms with E-state index in [4.69, 9.17) is 16.7 Å². The molecule has 21 heavy (non-hydrogen) atoms. The SMILES string of the molecule is CN(Cc1ccc(C(=O)O)cc1)c1cccc(Cl)c1C#N. The van der Waals surface area contributed by atoms with Gasteiger partial charge < -0.3 is 10.0 Å². The monoisotopic (exact) mass is 300 g/mol. The molecule has 0 atom stereocenters. The van der Waals surface area contributed by atoms with Crippen molar-refractivity contribution >= 4 is 23.3 Å². The summed E-state index contributed by atoms with van der Waals surface area (Å²) in [5.74, 6) is -0.948. The Morgan fingerprint density at radius 1 is 1.29 bits per heavy atom. The first-order valence-electron chi connectivity index (χ1n) is 6.25. The number of hydrogen-bond donors (Lipinski definition) is 1. The second-order valence-corrected chi connectivity index (χ2v) is 5.01. The minimum absolute atomic E-state index is 0.252. The Bertz CT molecular complexity index is 705. The van der Waals surface area contributed by atoms with E-state index in [1.165, 1.54) is 0 Å². The van der Waals surface area contributed by atoms with E-state index in [0.29, 0.717) is 17.1 Å². The van der Waals surface area contributed by atoms with Crippen molar-refractivity contribution in [2.75, 3.05) is 11.9 Å². The first-order valence-corrected chi connectivity index (χ1v) is 6.62. The minimum Gasteiger partial charge on any atom is -0.478 e. The number of aromatic carboxylic acids is 1. The third-order valence-electron chi connectivity index (χ3n) is 3.14. The average molecular weight is 301 g/mol. The summed E-state index contributed by atoms with van der Waals surface area (Å²) in [6.07, 6.45) is 0. The highest BCUT2D eigenvalue weighted by Crippen LogP contribution is 2.26. The molecule has 0 aliphatic carbocycles. The van der Waals surface area contributed by atoms with Gasteiger partial charge in [-0.25, -0.2) is 4.79 Å². The molecule has 0 saturated heterocycles. The number of carbonyl (C=O) groups is 1. The molecule has 0 fully saturated rings.